The minimum absolute atomic E-state index is 0.320. The Hall–Kier alpha value is -1.32. The molecule has 0 N–H and O–H groups in total. The van der Waals surface area contributed by atoms with E-state index >= 15 is 0 Å². The average molecular weight is 196 g/mol. The Morgan fingerprint density at radius 2 is 2.36 bits per heavy atom. The van der Waals surface area contributed by atoms with Crippen LogP contribution < -0.4 is 4.84 Å². The predicted molar refractivity (Wildman–Crippen MR) is 52.7 cm³/mol. The van der Waals surface area contributed by atoms with Gasteiger partial charge < -0.3 is 4.84 Å². The number of aryl methyl sites for hydroxylation is 1. The maximum Gasteiger partial charge on any atom is 0.329 e. The van der Waals surface area contributed by atoms with Crippen molar-refractivity contribution >= 4 is 5.97 Å². The highest BCUT2D eigenvalue weighted by molar-refractivity contribution is 5.66. The van der Waals surface area contributed by atoms with E-state index in [0.29, 0.717) is 0 Å². The first-order valence-electron chi connectivity index (χ1n) is 4.95. The van der Waals surface area contributed by atoms with Crippen LogP contribution in [0.3, 0.4) is 0 Å². The lowest BCUT2D eigenvalue weighted by atomic mass is 10.2. The van der Waals surface area contributed by atoms with Gasteiger partial charge >= 0.3 is 5.97 Å². The second-order valence-electron chi connectivity index (χ2n) is 3.21. The van der Waals surface area contributed by atoms with Crippen LogP contribution in [0.4, 0.5) is 0 Å². The summed E-state index contributed by atoms with van der Waals surface area (Å²) in [5.41, 5.74) is 0. The quantitative estimate of drug-likeness (QED) is 0.672. The molecule has 0 amide bonds. The van der Waals surface area contributed by atoms with Gasteiger partial charge in [-0.15, -0.1) is 0 Å². The van der Waals surface area contributed by atoms with Gasteiger partial charge in [-0.25, -0.2) is 9.78 Å². The number of carbonyl (C=O) groups is 1. The fraction of sp³-hybridized carbons (Fsp3) is 0.600. The number of nitrogens with zero attached hydrogens (tertiary/aromatic N) is 2. The van der Waals surface area contributed by atoms with E-state index < -0.39 is 0 Å². The highest BCUT2D eigenvalue weighted by Crippen LogP contribution is 2.03. The molecular weight excluding hydrogens is 180 g/mol. The van der Waals surface area contributed by atoms with E-state index in [1.807, 2.05) is 0 Å². The maximum absolute atomic E-state index is 10.7. The van der Waals surface area contributed by atoms with E-state index in [1.165, 1.54) is 24.5 Å². The van der Waals surface area contributed by atoms with Gasteiger partial charge in [0.25, 0.3) is 0 Å². The number of rotatable bonds is 5. The first-order chi connectivity index (χ1) is 6.74. The van der Waals surface area contributed by atoms with Crippen molar-refractivity contribution in [1.82, 2.24) is 9.71 Å². The molecular formula is C10H16N2O2. The molecule has 0 aromatic carbocycles. The summed E-state index contributed by atoms with van der Waals surface area (Å²) >= 11 is 0. The van der Waals surface area contributed by atoms with Gasteiger partial charge in [-0.1, -0.05) is 19.8 Å². The third-order valence-corrected chi connectivity index (χ3v) is 1.91. The van der Waals surface area contributed by atoms with Crippen molar-refractivity contribution in [2.45, 2.75) is 39.5 Å². The van der Waals surface area contributed by atoms with Crippen molar-refractivity contribution in [2.75, 3.05) is 0 Å². The van der Waals surface area contributed by atoms with Crippen LogP contribution in [0.25, 0.3) is 0 Å². The van der Waals surface area contributed by atoms with Gasteiger partial charge in [0.2, 0.25) is 0 Å². The zero-order chi connectivity index (χ0) is 10.4. The summed E-state index contributed by atoms with van der Waals surface area (Å²) in [6, 6.07) is 0. The van der Waals surface area contributed by atoms with Crippen molar-refractivity contribution < 1.29 is 9.63 Å². The van der Waals surface area contributed by atoms with E-state index in [9.17, 15) is 4.79 Å². The summed E-state index contributed by atoms with van der Waals surface area (Å²) in [4.78, 5) is 19.8. The van der Waals surface area contributed by atoms with Crippen LogP contribution in [0.5, 0.6) is 0 Å². The summed E-state index contributed by atoms with van der Waals surface area (Å²) in [7, 11) is 0. The molecule has 0 bridgehead atoms. The SMILES string of the molecule is CCCCCc1nccn1OC(C)=O. The molecule has 0 aliphatic carbocycles. The molecule has 4 nitrogen and oxygen atoms in total. The molecule has 1 aromatic rings. The van der Waals surface area contributed by atoms with Crippen LogP contribution in [0.15, 0.2) is 12.4 Å². The Labute approximate surface area is 83.9 Å². The molecule has 78 valence electrons. The van der Waals surface area contributed by atoms with Crippen LogP contribution >= 0.6 is 0 Å². The van der Waals surface area contributed by atoms with Crippen molar-refractivity contribution in [1.29, 1.82) is 0 Å². The summed E-state index contributed by atoms with van der Waals surface area (Å²) in [5, 5.41) is 0. The molecule has 1 heterocycles. The number of hydrogen-bond acceptors (Lipinski definition) is 3. The Morgan fingerprint density at radius 1 is 1.57 bits per heavy atom. The summed E-state index contributed by atoms with van der Waals surface area (Å²) in [6.45, 7) is 3.54. The fourth-order valence-corrected chi connectivity index (χ4v) is 1.25. The topological polar surface area (TPSA) is 44.1 Å². The molecule has 4 heteroatoms. The highest BCUT2D eigenvalue weighted by Gasteiger charge is 2.04. The summed E-state index contributed by atoms with van der Waals surface area (Å²) < 4.78 is 1.44. The largest absolute Gasteiger partial charge is 0.336 e. The molecule has 1 rings (SSSR count). The van der Waals surface area contributed by atoms with Crippen molar-refractivity contribution in [3.63, 3.8) is 0 Å². The molecule has 14 heavy (non-hydrogen) atoms. The normalized spacial score (nSPS) is 10.1. The Balaban J connectivity index is 2.49. The van der Waals surface area contributed by atoms with Gasteiger partial charge in [0.15, 0.2) is 0 Å². The molecule has 1 aromatic heterocycles. The molecule has 0 atom stereocenters. The molecule has 0 saturated carbocycles. The number of imidazole rings is 1. The fourth-order valence-electron chi connectivity index (χ4n) is 1.25. The zero-order valence-corrected chi connectivity index (χ0v) is 8.69. The predicted octanol–water partition coefficient (Wildman–Crippen LogP) is 1.59. The van der Waals surface area contributed by atoms with Crippen LogP contribution in [0, 0.1) is 0 Å². The van der Waals surface area contributed by atoms with Crippen molar-refractivity contribution in [2.24, 2.45) is 0 Å². The molecule has 0 radical (unpaired) electrons. The van der Waals surface area contributed by atoms with E-state index in [-0.39, 0.29) is 5.97 Å². The molecule has 0 aliphatic heterocycles. The van der Waals surface area contributed by atoms with Crippen LogP contribution in [-0.2, 0) is 11.2 Å². The minimum atomic E-state index is -0.320. The highest BCUT2D eigenvalue weighted by atomic mass is 16.7. The lowest BCUT2D eigenvalue weighted by molar-refractivity contribution is -0.141. The van der Waals surface area contributed by atoms with E-state index in [4.69, 9.17) is 4.84 Å². The molecule has 0 spiro atoms. The number of carbonyl (C=O) groups excluding carboxylic acids is 1. The van der Waals surface area contributed by atoms with E-state index in [1.54, 1.807) is 12.4 Å². The van der Waals surface area contributed by atoms with Gasteiger partial charge in [0.1, 0.15) is 5.82 Å². The lowest BCUT2D eigenvalue weighted by Gasteiger charge is -2.05. The summed E-state index contributed by atoms with van der Waals surface area (Å²) in [5.74, 6) is 0.494. The smallest absolute Gasteiger partial charge is 0.329 e. The lowest BCUT2D eigenvalue weighted by Crippen LogP contribution is -2.18. The summed E-state index contributed by atoms with van der Waals surface area (Å²) in [6.07, 6.45) is 7.58. The molecule has 0 saturated heterocycles. The average Bonchev–Trinajstić information content (AvgIpc) is 2.52. The van der Waals surface area contributed by atoms with Crippen molar-refractivity contribution in [3.05, 3.63) is 18.2 Å². The van der Waals surface area contributed by atoms with Gasteiger partial charge in [0.05, 0.1) is 6.20 Å². The standard InChI is InChI=1S/C10H16N2O2/c1-3-4-5-6-10-11-7-8-12(10)14-9(2)13/h7-8H,3-6H2,1-2H3. The van der Waals surface area contributed by atoms with Crippen LogP contribution in [-0.4, -0.2) is 15.7 Å². The zero-order valence-electron chi connectivity index (χ0n) is 8.69. The number of hydrogen-bond donors (Lipinski definition) is 0. The van der Waals surface area contributed by atoms with Gasteiger partial charge in [-0.05, 0) is 6.42 Å². The molecule has 0 aliphatic rings. The van der Waals surface area contributed by atoms with Crippen LogP contribution in [0.2, 0.25) is 0 Å². The molecule has 0 fully saturated rings. The minimum Gasteiger partial charge on any atom is -0.336 e. The van der Waals surface area contributed by atoms with Crippen molar-refractivity contribution in [3.8, 4) is 0 Å². The maximum atomic E-state index is 10.7. The first kappa shape index (κ1) is 10.8. The second kappa shape index (κ2) is 5.42. The Kier molecular flexibility index (Phi) is 4.16. The Morgan fingerprint density at radius 3 is 3.00 bits per heavy atom. The number of aromatic nitrogens is 2. The third kappa shape index (κ3) is 3.20. The van der Waals surface area contributed by atoms with E-state index in [0.717, 1.165) is 18.7 Å². The third-order valence-electron chi connectivity index (χ3n) is 1.91. The first-order valence-corrected chi connectivity index (χ1v) is 4.95. The van der Waals surface area contributed by atoms with E-state index in [2.05, 4.69) is 11.9 Å². The molecule has 0 unspecified atom stereocenters. The van der Waals surface area contributed by atoms with Gasteiger partial charge in [-0.2, -0.15) is 4.73 Å². The monoisotopic (exact) mass is 196 g/mol. The second-order valence-corrected chi connectivity index (χ2v) is 3.21. The Bertz CT molecular complexity index is 294. The van der Waals surface area contributed by atoms with Gasteiger partial charge in [0, 0.05) is 19.5 Å². The number of unbranched alkanes of at least 4 members (excludes halogenated alkanes) is 2. The van der Waals surface area contributed by atoms with Crippen LogP contribution in [0.1, 0.15) is 38.9 Å². The van der Waals surface area contributed by atoms with Gasteiger partial charge in [-0.3, -0.25) is 0 Å².